The fourth-order valence-corrected chi connectivity index (χ4v) is 1.39. The summed E-state index contributed by atoms with van der Waals surface area (Å²) in [7, 11) is 1.44. The average Bonchev–Trinajstić information content (AvgIpc) is 2.37. The fourth-order valence-electron chi connectivity index (χ4n) is 0.792. The average molecular weight is 184 g/mol. The molecule has 0 amide bonds. The number of thiazole rings is 1. The van der Waals surface area contributed by atoms with Crippen molar-refractivity contribution in [2.75, 3.05) is 7.05 Å². The lowest BCUT2D eigenvalue weighted by Gasteiger charge is -1.92. The third kappa shape index (κ3) is 1.68. The summed E-state index contributed by atoms with van der Waals surface area (Å²) in [4.78, 5) is 18.2. The summed E-state index contributed by atoms with van der Waals surface area (Å²) in [6.07, 6.45) is 0. The number of aromatic nitrogens is 1. The van der Waals surface area contributed by atoms with Crippen molar-refractivity contribution >= 4 is 23.0 Å². The second kappa shape index (κ2) is 3.44. The van der Waals surface area contributed by atoms with Crippen LogP contribution in [-0.4, -0.2) is 28.8 Å². The summed E-state index contributed by atoms with van der Waals surface area (Å²) in [5.74, 6) is -1.04. The highest BCUT2D eigenvalue weighted by molar-refractivity contribution is 7.09. The van der Waals surface area contributed by atoms with Crippen molar-refractivity contribution in [1.29, 1.82) is 0 Å². The number of nitrogens with zero attached hydrogens (tertiary/aromatic N) is 2. The Bertz CT molecular complexity index is 330. The number of rotatable bonds is 2. The van der Waals surface area contributed by atoms with Crippen LogP contribution in [0.3, 0.4) is 0 Å². The van der Waals surface area contributed by atoms with Gasteiger partial charge in [-0.1, -0.05) is 0 Å². The maximum absolute atomic E-state index is 10.6. The molecule has 1 aromatic heterocycles. The molecule has 0 unspecified atom stereocenters. The highest BCUT2D eigenvalue weighted by atomic mass is 32.1. The van der Waals surface area contributed by atoms with Gasteiger partial charge in [0.2, 0.25) is 0 Å². The van der Waals surface area contributed by atoms with Gasteiger partial charge in [0, 0.05) is 12.4 Å². The van der Waals surface area contributed by atoms with Crippen LogP contribution in [0.2, 0.25) is 0 Å². The number of hydrogen-bond donors (Lipinski definition) is 1. The maximum atomic E-state index is 10.6. The van der Waals surface area contributed by atoms with Gasteiger partial charge in [0.05, 0.1) is 5.01 Å². The van der Waals surface area contributed by atoms with Gasteiger partial charge in [-0.15, -0.1) is 11.3 Å². The normalized spacial score (nSPS) is 11.7. The summed E-state index contributed by atoms with van der Waals surface area (Å²) in [5.41, 5.74) is 0.451. The standard InChI is InChI=1S/C7H8N2O2S/c1-4-9-5(3-12-4)6(8-2)7(10)11/h3H,1-2H3,(H,10,11). The molecular formula is C7H8N2O2S. The summed E-state index contributed by atoms with van der Waals surface area (Å²) in [6, 6.07) is 0. The first-order valence-corrected chi connectivity index (χ1v) is 4.15. The van der Waals surface area contributed by atoms with Gasteiger partial charge >= 0.3 is 5.97 Å². The molecule has 0 fully saturated rings. The predicted molar refractivity (Wildman–Crippen MR) is 46.9 cm³/mol. The first-order chi connectivity index (χ1) is 5.65. The van der Waals surface area contributed by atoms with Crippen LogP contribution in [0.15, 0.2) is 10.4 Å². The van der Waals surface area contributed by atoms with Crippen molar-refractivity contribution in [1.82, 2.24) is 4.98 Å². The Morgan fingerprint density at radius 1 is 1.75 bits per heavy atom. The zero-order valence-electron chi connectivity index (χ0n) is 6.74. The molecule has 0 saturated carbocycles. The predicted octanol–water partition coefficient (Wildman–Crippen LogP) is 0.955. The van der Waals surface area contributed by atoms with Gasteiger partial charge in [0.15, 0.2) is 5.71 Å². The van der Waals surface area contributed by atoms with Crippen LogP contribution in [0.4, 0.5) is 0 Å². The zero-order valence-corrected chi connectivity index (χ0v) is 7.55. The molecule has 1 heterocycles. The molecule has 64 valence electrons. The number of aryl methyl sites for hydroxylation is 1. The lowest BCUT2D eigenvalue weighted by Crippen LogP contribution is -2.14. The molecule has 1 aromatic rings. The second-order valence-corrected chi connectivity index (χ2v) is 3.19. The lowest BCUT2D eigenvalue weighted by atomic mass is 10.3. The number of carboxylic acid groups (broad SMARTS) is 1. The van der Waals surface area contributed by atoms with E-state index in [0.29, 0.717) is 5.69 Å². The summed E-state index contributed by atoms with van der Waals surface area (Å²) in [5, 5.41) is 11.2. The van der Waals surface area contributed by atoms with Crippen LogP contribution in [0.1, 0.15) is 10.7 Å². The van der Waals surface area contributed by atoms with E-state index in [-0.39, 0.29) is 5.71 Å². The molecule has 12 heavy (non-hydrogen) atoms. The Kier molecular flexibility index (Phi) is 2.54. The third-order valence-electron chi connectivity index (χ3n) is 1.29. The topological polar surface area (TPSA) is 62.5 Å². The first-order valence-electron chi connectivity index (χ1n) is 3.27. The minimum atomic E-state index is -1.04. The van der Waals surface area contributed by atoms with Crippen molar-refractivity contribution in [2.45, 2.75) is 6.92 Å². The molecule has 0 aromatic carbocycles. The van der Waals surface area contributed by atoms with Crippen LogP contribution in [0.5, 0.6) is 0 Å². The van der Waals surface area contributed by atoms with Gasteiger partial charge < -0.3 is 5.11 Å². The fraction of sp³-hybridized carbons (Fsp3) is 0.286. The molecule has 0 aliphatic heterocycles. The van der Waals surface area contributed by atoms with Crippen molar-refractivity contribution in [3.63, 3.8) is 0 Å². The van der Waals surface area contributed by atoms with Gasteiger partial charge in [0.1, 0.15) is 5.69 Å². The van der Waals surface area contributed by atoms with E-state index in [1.165, 1.54) is 18.4 Å². The van der Waals surface area contributed by atoms with E-state index in [1.54, 1.807) is 5.38 Å². The molecule has 4 nitrogen and oxygen atoms in total. The molecule has 0 bridgehead atoms. The Hall–Kier alpha value is -1.23. The summed E-state index contributed by atoms with van der Waals surface area (Å²) < 4.78 is 0. The SMILES string of the molecule is CN=C(C(=O)O)c1csc(C)n1. The van der Waals surface area contributed by atoms with E-state index in [0.717, 1.165) is 5.01 Å². The van der Waals surface area contributed by atoms with Gasteiger partial charge in [-0.2, -0.15) is 0 Å². The molecule has 5 heteroatoms. The van der Waals surface area contributed by atoms with Crippen LogP contribution < -0.4 is 0 Å². The molecule has 0 spiro atoms. The van der Waals surface area contributed by atoms with Gasteiger partial charge in [-0.05, 0) is 6.92 Å². The van der Waals surface area contributed by atoms with Crippen molar-refractivity contribution in [2.24, 2.45) is 4.99 Å². The van der Waals surface area contributed by atoms with Crippen molar-refractivity contribution in [3.05, 3.63) is 16.1 Å². The van der Waals surface area contributed by atoms with E-state index in [4.69, 9.17) is 5.11 Å². The Balaban J connectivity index is 3.04. The molecule has 0 radical (unpaired) electrons. The van der Waals surface area contributed by atoms with E-state index < -0.39 is 5.97 Å². The Morgan fingerprint density at radius 3 is 2.75 bits per heavy atom. The van der Waals surface area contributed by atoms with Gasteiger partial charge in [-0.3, -0.25) is 4.99 Å². The molecule has 0 aliphatic rings. The molecule has 0 atom stereocenters. The number of carbonyl (C=O) groups is 1. The maximum Gasteiger partial charge on any atom is 0.356 e. The van der Waals surface area contributed by atoms with Gasteiger partial charge in [-0.25, -0.2) is 9.78 Å². The smallest absolute Gasteiger partial charge is 0.356 e. The van der Waals surface area contributed by atoms with Crippen LogP contribution in [-0.2, 0) is 4.79 Å². The number of hydrogen-bond acceptors (Lipinski definition) is 4. The lowest BCUT2D eigenvalue weighted by molar-refractivity contribution is -0.129. The summed E-state index contributed by atoms with van der Waals surface area (Å²) >= 11 is 1.41. The van der Waals surface area contributed by atoms with Crippen LogP contribution >= 0.6 is 11.3 Å². The van der Waals surface area contributed by atoms with E-state index >= 15 is 0 Å². The van der Waals surface area contributed by atoms with E-state index in [1.807, 2.05) is 6.92 Å². The first kappa shape index (κ1) is 8.86. The minimum absolute atomic E-state index is 0.0133. The molecule has 1 rings (SSSR count). The number of aliphatic carboxylic acids is 1. The molecule has 1 N–H and O–H groups in total. The van der Waals surface area contributed by atoms with E-state index in [9.17, 15) is 4.79 Å². The van der Waals surface area contributed by atoms with Crippen LogP contribution in [0.25, 0.3) is 0 Å². The highest BCUT2D eigenvalue weighted by Crippen LogP contribution is 2.08. The quantitative estimate of drug-likeness (QED) is 0.696. The largest absolute Gasteiger partial charge is 0.476 e. The van der Waals surface area contributed by atoms with E-state index in [2.05, 4.69) is 9.98 Å². The minimum Gasteiger partial charge on any atom is -0.476 e. The molecule has 0 aliphatic carbocycles. The Labute approximate surface area is 73.6 Å². The van der Waals surface area contributed by atoms with Gasteiger partial charge in [0.25, 0.3) is 0 Å². The number of carboxylic acids is 1. The third-order valence-corrected chi connectivity index (χ3v) is 2.06. The molecule has 0 saturated heterocycles. The number of aliphatic imine (C=N–C) groups is 1. The van der Waals surface area contributed by atoms with Crippen LogP contribution in [0, 0.1) is 6.92 Å². The molecular weight excluding hydrogens is 176 g/mol. The van der Waals surface area contributed by atoms with Crippen molar-refractivity contribution in [3.8, 4) is 0 Å². The van der Waals surface area contributed by atoms with Crippen molar-refractivity contribution < 1.29 is 9.90 Å². The highest BCUT2D eigenvalue weighted by Gasteiger charge is 2.13. The zero-order chi connectivity index (χ0) is 9.14. The second-order valence-electron chi connectivity index (χ2n) is 2.13. The summed E-state index contributed by atoms with van der Waals surface area (Å²) in [6.45, 7) is 1.82. The Morgan fingerprint density at radius 2 is 2.42 bits per heavy atom. The monoisotopic (exact) mass is 184 g/mol.